The summed E-state index contributed by atoms with van der Waals surface area (Å²) in [5, 5.41) is 0. The van der Waals surface area contributed by atoms with Gasteiger partial charge >= 0.3 is 12.1 Å². The van der Waals surface area contributed by atoms with Crippen molar-refractivity contribution < 1.29 is 22.7 Å². The van der Waals surface area contributed by atoms with Crippen LogP contribution in [0.15, 0.2) is 0 Å². The average molecular weight is 140 g/mol. The molecule has 5 heteroatoms. The Bertz CT molecular complexity index is 162. The van der Waals surface area contributed by atoms with Crippen LogP contribution in [0.5, 0.6) is 0 Å². The number of hydrogen-bond acceptors (Lipinski definition) is 2. The molecule has 1 aliphatic heterocycles. The Kier molecular flexibility index (Phi) is 0.866. The average Bonchev–Trinajstić information content (AvgIpc) is 2.13. The minimum Gasteiger partial charge on any atom is -0.434 e. The van der Waals surface area contributed by atoms with Crippen molar-refractivity contribution in [3.63, 3.8) is 0 Å². The van der Waals surface area contributed by atoms with Crippen LogP contribution in [0.3, 0.4) is 0 Å². The minimum absolute atomic E-state index is 0.704. The molecule has 0 amide bonds. The molecule has 0 aromatic rings. The normalized spacial score (nSPS) is 34.0. The number of carbonyl (C=O) groups is 1. The maximum Gasteiger partial charge on any atom is 0.439 e. The van der Waals surface area contributed by atoms with E-state index in [1.54, 1.807) is 0 Å². The van der Waals surface area contributed by atoms with Gasteiger partial charge in [-0.2, -0.15) is 13.2 Å². The van der Waals surface area contributed by atoms with Gasteiger partial charge in [-0.25, -0.2) is 4.79 Å². The molecule has 0 N–H and O–H groups in total. The standard InChI is InChI=1S/C4H3F3O2/c1-3(2(8)9-3)4(5,6)7/h1H3. The van der Waals surface area contributed by atoms with Gasteiger partial charge < -0.3 is 4.74 Å². The van der Waals surface area contributed by atoms with Gasteiger partial charge in [0.05, 0.1) is 0 Å². The zero-order valence-electron chi connectivity index (χ0n) is 4.45. The second-order valence-electron chi connectivity index (χ2n) is 1.92. The first-order valence-electron chi connectivity index (χ1n) is 2.18. The lowest BCUT2D eigenvalue weighted by Crippen LogP contribution is -2.30. The predicted molar refractivity (Wildman–Crippen MR) is 20.6 cm³/mol. The summed E-state index contributed by atoms with van der Waals surface area (Å²) in [6.07, 6.45) is -4.55. The predicted octanol–water partition coefficient (Wildman–Crippen LogP) is 0.864. The lowest BCUT2D eigenvalue weighted by atomic mass is 10.2. The molecule has 0 aromatic heterocycles. The van der Waals surface area contributed by atoms with Gasteiger partial charge in [-0.3, -0.25) is 0 Å². The van der Waals surface area contributed by atoms with Gasteiger partial charge in [0.25, 0.3) is 5.60 Å². The second-order valence-corrected chi connectivity index (χ2v) is 1.92. The van der Waals surface area contributed by atoms with Gasteiger partial charge in [0, 0.05) is 0 Å². The summed E-state index contributed by atoms with van der Waals surface area (Å²) in [4.78, 5) is 9.91. The molecular weight excluding hydrogens is 137 g/mol. The monoisotopic (exact) mass is 140 g/mol. The fourth-order valence-corrected chi connectivity index (χ4v) is 0.333. The van der Waals surface area contributed by atoms with E-state index in [1.165, 1.54) is 0 Å². The largest absolute Gasteiger partial charge is 0.439 e. The van der Waals surface area contributed by atoms with Gasteiger partial charge in [-0.05, 0) is 6.92 Å². The Morgan fingerprint density at radius 3 is 1.89 bits per heavy atom. The van der Waals surface area contributed by atoms with Crippen LogP contribution < -0.4 is 0 Å². The number of carbonyl (C=O) groups excluding carboxylic acids is 1. The summed E-state index contributed by atoms with van der Waals surface area (Å²) in [6.45, 7) is 0.704. The Morgan fingerprint density at radius 1 is 1.56 bits per heavy atom. The summed E-state index contributed by atoms with van der Waals surface area (Å²) < 4.78 is 38.3. The van der Waals surface area contributed by atoms with E-state index >= 15 is 0 Å². The first kappa shape index (κ1) is 6.38. The number of alkyl halides is 3. The van der Waals surface area contributed by atoms with E-state index in [2.05, 4.69) is 4.74 Å². The van der Waals surface area contributed by atoms with E-state index in [1.807, 2.05) is 0 Å². The van der Waals surface area contributed by atoms with Crippen molar-refractivity contribution in [1.29, 1.82) is 0 Å². The van der Waals surface area contributed by atoms with Crippen LogP contribution in [0.4, 0.5) is 13.2 Å². The quantitative estimate of drug-likeness (QED) is 0.467. The van der Waals surface area contributed by atoms with Crippen LogP contribution in [-0.4, -0.2) is 17.7 Å². The van der Waals surface area contributed by atoms with E-state index < -0.39 is 17.7 Å². The first-order chi connectivity index (χ1) is 3.88. The molecule has 9 heavy (non-hydrogen) atoms. The van der Waals surface area contributed by atoms with Crippen molar-refractivity contribution in [3.8, 4) is 0 Å². The molecule has 1 heterocycles. The highest BCUT2D eigenvalue weighted by Crippen LogP contribution is 2.44. The van der Waals surface area contributed by atoms with Gasteiger partial charge in [0.15, 0.2) is 0 Å². The third kappa shape index (κ3) is 0.674. The van der Waals surface area contributed by atoms with Crippen molar-refractivity contribution in [2.75, 3.05) is 0 Å². The number of epoxide rings is 1. The molecule has 1 rings (SSSR count). The molecule has 52 valence electrons. The van der Waals surface area contributed by atoms with Crippen LogP contribution in [0, 0.1) is 0 Å². The highest BCUT2D eigenvalue weighted by Gasteiger charge is 2.72. The van der Waals surface area contributed by atoms with Gasteiger partial charge in [-0.1, -0.05) is 0 Å². The third-order valence-electron chi connectivity index (χ3n) is 1.19. The molecule has 1 unspecified atom stereocenters. The molecule has 2 nitrogen and oxygen atoms in total. The molecule has 1 atom stereocenters. The van der Waals surface area contributed by atoms with Crippen LogP contribution in [0.1, 0.15) is 6.92 Å². The molecule has 1 aliphatic rings. The Balaban J connectivity index is 2.76. The first-order valence-corrected chi connectivity index (χ1v) is 2.18. The van der Waals surface area contributed by atoms with E-state index in [0.29, 0.717) is 6.92 Å². The van der Waals surface area contributed by atoms with Crippen LogP contribution in [0.2, 0.25) is 0 Å². The molecule has 0 saturated carbocycles. The topological polar surface area (TPSA) is 29.6 Å². The Labute approximate surface area is 48.6 Å². The smallest absolute Gasteiger partial charge is 0.434 e. The zero-order chi connectivity index (χ0) is 7.28. The summed E-state index contributed by atoms with van der Waals surface area (Å²) in [6, 6.07) is 0. The third-order valence-corrected chi connectivity index (χ3v) is 1.19. The molecule has 0 aromatic carbocycles. The Hall–Kier alpha value is -0.740. The maximum atomic E-state index is 11.5. The highest BCUT2D eigenvalue weighted by atomic mass is 19.4. The number of hydrogen-bond donors (Lipinski definition) is 0. The minimum atomic E-state index is -4.55. The molecule has 0 aliphatic carbocycles. The van der Waals surface area contributed by atoms with Gasteiger partial charge in [0.1, 0.15) is 0 Å². The summed E-state index contributed by atoms with van der Waals surface area (Å²) in [7, 11) is 0. The van der Waals surface area contributed by atoms with E-state index in [-0.39, 0.29) is 0 Å². The van der Waals surface area contributed by atoms with Crippen molar-refractivity contribution in [3.05, 3.63) is 0 Å². The van der Waals surface area contributed by atoms with Crippen molar-refractivity contribution in [2.45, 2.75) is 18.7 Å². The molecule has 0 radical (unpaired) electrons. The molecule has 0 spiro atoms. The number of halogens is 3. The van der Waals surface area contributed by atoms with Crippen LogP contribution in [0.25, 0.3) is 0 Å². The number of ether oxygens (including phenoxy) is 1. The van der Waals surface area contributed by atoms with Crippen molar-refractivity contribution in [2.24, 2.45) is 0 Å². The van der Waals surface area contributed by atoms with Crippen molar-refractivity contribution in [1.82, 2.24) is 0 Å². The fourth-order valence-electron chi connectivity index (χ4n) is 0.333. The lowest BCUT2D eigenvalue weighted by molar-refractivity contribution is -0.178. The van der Waals surface area contributed by atoms with Crippen molar-refractivity contribution >= 4 is 5.97 Å². The second kappa shape index (κ2) is 1.22. The highest BCUT2D eigenvalue weighted by molar-refractivity contribution is 5.93. The Morgan fingerprint density at radius 2 is 1.89 bits per heavy atom. The summed E-state index contributed by atoms with van der Waals surface area (Å²) in [5.74, 6) is -1.20. The molecular formula is C4H3F3O2. The molecule has 0 bridgehead atoms. The van der Waals surface area contributed by atoms with Gasteiger partial charge in [0.2, 0.25) is 0 Å². The molecule has 1 saturated heterocycles. The van der Waals surface area contributed by atoms with E-state index in [9.17, 15) is 18.0 Å². The summed E-state index contributed by atoms with van der Waals surface area (Å²) >= 11 is 0. The number of rotatable bonds is 0. The number of cyclic esters (lactones) is 1. The van der Waals surface area contributed by atoms with Crippen LogP contribution in [-0.2, 0) is 9.53 Å². The zero-order valence-corrected chi connectivity index (χ0v) is 4.45. The van der Waals surface area contributed by atoms with E-state index in [4.69, 9.17) is 0 Å². The summed E-state index contributed by atoms with van der Waals surface area (Å²) in [5.41, 5.74) is -2.49. The van der Waals surface area contributed by atoms with Gasteiger partial charge in [-0.15, -0.1) is 0 Å². The molecule has 1 fully saturated rings. The maximum absolute atomic E-state index is 11.5. The van der Waals surface area contributed by atoms with Crippen LogP contribution >= 0.6 is 0 Å². The van der Waals surface area contributed by atoms with E-state index in [0.717, 1.165) is 0 Å². The fraction of sp³-hybridized carbons (Fsp3) is 0.750. The SMILES string of the molecule is CC1(C(F)(F)F)OC1=O. The lowest BCUT2D eigenvalue weighted by Gasteiger charge is -2.04.